The smallest absolute Gasteiger partial charge is 0.249 e. The van der Waals surface area contributed by atoms with Crippen LogP contribution in [0.15, 0.2) is 43.5 Å². The van der Waals surface area contributed by atoms with E-state index in [1.54, 1.807) is 38.1 Å². The average Bonchev–Trinajstić information content (AvgIpc) is 2.71. The van der Waals surface area contributed by atoms with E-state index in [2.05, 4.69) is 19.7 Å². The molecule has 0 heterocycles. The van der Waals surface area contributed by atoms with Crippen molar-refractivity contribution in [1.82, 2.24) is 0 Å². The molecule has 0 bridgehead atoms. The SMILES string of the molecule is C=CC=c1c(=C(\C)O)/c(=C(\O)C=C)c(=C\C)/c2c(C(N)=O)cc(=C)/c(=C\C=C/C)c12. The molecule has 2 aromatic rings. The summed E-state index contributed by atoms with van der Waals surface area (Å²) in [6.45, 7) is 16.8. The standard InChI is InChI=1S/C26H27NO3/c1-7-11-13-18-15(5)14-20(26(27)30)23-17(9-3)25(21(29)10-4)22(16(6)28)19(12-8-2)24(18)23/h7-14,28-29H,2,4-5H2,1,3,6H3,(H2,27,30)/b11-7-,17-9-,18-13+,19-12?,22-16-,25-21-. The van der Waals surface area contributed by atoms with Gasteiger partial charge >= 0.3 is 0 Å². The van der Waals surface area contributed by atoms with Crippen LogP contribution >= 0.6 is 0 Å². The Labute approximate surface area is 175 Å². The number of nitrogens with two attached hydrogens (primary N) is 1. The number of aliphatic hydroxyl groups excluding tert-OH is 2. The Morgan fingerprint density at radius 1 is 1.03 bits per heavy atom. The largest absolute Gasteiger partial charge is 0.512 e. The van der Waals surface area contributed by atoms with Gasteiger partial charge in [0.1, 0.15) is 5.76 Å². The third-order valence-corrected chi connectivity index (χ3v) is 4.89. The molecular weight excluding hydrogens is 374 g/mol. The van der Waals surface area contributed by atoms with Crippen molar-refractivity contribution in [2.24, 2.45) is 5.73 Å². The lowest BCUT2D eigenvalue weighted by Crippen LogP contribution is -2.53. The summed E-state index contributed by atoms with van der Waals surface area (Å²) >= 11 is 0. The molecule has 0 unspecified atom stereocenters. The van der Waals surface area contributed by atoms with Gasteiger partial charge < -0.3 is 15.9 Å². The molecule has 154 valence electrons. The lowest BCUT2D eigenvalue weighted by Gasteiger charge is -2.11. The fraction of sp³-hybridized carbons (Fsp3) is 0.115. The second-order valence-corrected chi connectivity index (χ2v) is 6.75. The first kappa shape index (κ1) is 22.5. The van der Waals surface area contributed by atoms with Crippen LogP contribution in [0.1, 0.15) is 31.1 Å². The predicted molar refractivity (Wildman–Crippen MR) is 128 cm³/mol. The van der Waals surface area contributed by atoms with Gasteiger partial charge in [-0.3, -0.25) is 4.79 Å². The third kappa shape index (κ3) is 3.72. The Kier molecular flexibility index (Phi) is 6.85. The van der Waals surface area contributed by atoms with Crippen molar-refractivity contribution in [2.45, 2.75) is 20.8 Å². The van der Waals surface area contributed by atoms with Gasteiger partial charge in [-0.2, -0.15) is 0 Å². The fourth-order valence-corrected chi connectivity index (χ4v) is 3.73. The van der Waals surface area contributed by atoms with Gasteiger partial charge in [-0.15, -0.1) is 0 Å². The highest BCUT2D eigenvalue weighted by Gasteiger charge is 2.15. The molecule has 2 rings (SSSR count). The van der Waals surface area contributed by atoms with Crippen LogP contribution in [0.25, 0.3) is 47.1 Å². The van der Waals surface area contributed by atoms with E-state index in [1.807, 2.05) is 25.2 Å². The monoisotopic (exact) mass is 401 g/mol. The van der Waals surface area contributed by atoms with Crippen molar-refractivity contribution in [3.8, 4) is 0 Å². The normalized spacial score (nSPS) is 15.6. The summed E-state index contributed by atoms with van der Waals surface area (Å²) < 4.78 is 0. The Hall–Kier alpha value is -3.79. The van der Waals surface area contributed by atoms with Crippen LogP contribution in [0.3, 0.4) is 0 Å². The zero-order valence-electron chi connectivity index (χ0n) is 17.6. The van der Waals surface area contributed by atoms with E-state index >= 15 is 0 Å². The Bertz CT molecular complexity index is 1450. The van der Waals surface area contributed by atoms with Crippen molar-refractivity contribution >= 4 is 53.0 Å². The molecule has 4 heteroatoms. The Morgan fingerprint density at radius 2 is 1.70 bits per heavy atom. The summed E-state index contributed by atoms with van der Waals surface area (Å²) in [6.07, 6.45) is 12.0. The molecule has 0 aromatic heterocycles. The lowest BCUT2D eigenvalue weighted by molar-refractivity contribution is 0.100. The van der Waals surface area contributed by atoms with Gasteiger partial charge in [0.05, 0.1) is 5.76 Å². The summed E-state index contributed by atoms with van der Waals surface area (Å²) in [5, 5.41) is 25.9. The summed E-state index contributed by atoms with van der Waals surface area (Å²) in [5.41, 5.74) is 6.00. The van der Waals surface area contributed by atoms with Crippen LogP contribution in [0.5, 0.6) is 0 Å². The first-order valence-electron chi connectivity index (χ1n) is 9.50. The maximum absolute atomic E-state index is 12.4. The lowest BCUT2D eigenvalue weighted by atomic mass is 9.92. The molecule has 1 amide bonds. The van der Waals surface area contributed by atoms with E-state index in [9.17, 15) is 15.0 Å². The summed E-state index contributed by atoms with van der Waals surface area (Å²) in [6, 6.07) is 1.65. The summed E-state index contributed by atoms with van der Waals surface area (Å²) in [4.78, 5) is 12.4. The van der Waals surface area contributed by atoms with Crippen molar-refractivity contribution in [3.05, 3.63) is 80.4 Å². The van der Waals surface area contributed by atoms with Gasteiger partial charge in [-0.25, -0.2) is 0 Å². The maximum Gasteiger partial charge on any atom is 0.249 e. The number of allylic oxidation sites excluding steroid dienone is 3. The number of aliphatic hydroxyl groups is 2. The second-order valence-electron chi connectivity index (χ2n) is 6.75. The molecule has 0 aliphatic heterocycles. The molecule has 2 aromatic carbocycles. The maximum atomic E-state index is 12.4. The van der Waals surface area contributed by atoms with Crippen LogP contribution in [-0.2, 0) is 0 Å². The van der Waals surface area contributed by atoms with E-state index in [-0.39, 0.29) is 17.1 Å². The molecule has 0 saturated heterocycles. The van der Waals surface area contributed by atoms with Crippen LogP contribution in [0.4, 0.5) is 0 Å². The number of hydrogen-bond acceptors (Lipinski definition) is 3. The molecule has 0 atom stereocenters. The second kappa shape index (κ2) is 9.14. The molecule has 4 nitrogen and oxygen atoms in total. The molecule has 0 radical (unpaired) electrons. The quantitative estimate of drug-likeness (QED) is 0.715. The van der Waals surface area contributed by atoms with Crippen molar-refractivity contribution in [2.75, 3.05) is 0 Å². The van der Waals surface area contributed by atoms with Gasteiger partial charge in [0.15, 0.2) is 0 Å². The van der Waals surface area contributed by atoms with Crippen LogP contribution in [0, 0.1) is 0 Å². The van der Waals surface area contributed by atoms with Gasteiger partial charge in [0.2, 0.25) is 5.91 Å². The minimum absolute atomic E-state index is 0.00331. The number of hydrogen-bond donors (Lipinski definition) is 3. The van der Waals surface area contributed by atoms with Crippen LogP contribution < -0.4 is 37.0 Å². The molecular formula is C26H27NO3. The predicted octanol–water partition coefficient (Wildman–Crippen LogP) is 1.01. The van der Waals surface area contributed by atoms with E-state index in [0.717, 1.165) is 5.22 Å². The summed E-state index contributed by atoms with van der Waals surface area (Å²) in [5.74, 6) is -0.736. The number of benzene rings is 2. The number of carbonyl (C=O) groups excluding carboxylic acids is 1. The Morgan fingerprint density at radius 3 is 2.17 bits per heavy atom. The molecule has 0 aliphatic carbocycles. The molecule has 4 N–H and O–H groups in total. The zero-order valence-corrected chi connectivity index (χ0v) is 17.6. The fourth-order valence-electron chi connectivity index (χ4n) is 3.73. The van der Waals surface area contributed by atoms with Gasteiger partial charge in [-0.1, -0.05) is 56.2 Å². The first-order valence-corrected chi connectivity index (χ1v) is 9.50. The highest BCUT2D eigenvalue weighted by atomic mass is 16.3. The van der Waals surface area contributed by atoms with Gasteiger partial charge in [-0.05, 0) is 59.2 Å². The number of primary amides is 1. The van der Waals surface area contributed by atoms with Crippen molar-refractivity contribution < 1.29 is 15.0 Å². The number of amides is 1. The number of fused-ring (bicyclic) bond motifs is 1. The Balaban J connectivity index is 3.85. The molecule has 0 aliphatic rings. The average molecular weight is 402 g/mol. The number of rotatable bonds is 4. The van der Waals surface area contributed by atoms with Crippen LogP contribution in [-0.4, -0.2) is 16.1 Å². The minimum Gasteiger partial charge on any atom is -0.512 e. The van der Waals surface area contributed by atoms with Crippen molar-refractivity contribution in [3.63, 3.8) is 0 Å². The highest BCUT2D eigenvalue weighted by molar-refractivity contribution is 6.07. The number of carbonyl (C=O) groups is 1. The van der Waals surface area contributed by atoms with E-state index in [4.69, 9.17) is 5.73 Å². The minimum atomic E-state index is -0.614. The zero-order chi connectivity index (χ0) is 22.6. The molecule has 0 spiro atoms. The van der Waals surface area contributed by atoms with Gasteiger partial charge in [0.25, 0.3) is 0 Å². The molecule has 30 heavy (non-hydrogen) atoms. The first-order chi connectivity index (χ1) is 14.2. The van der Waals surface area contributed by atoms with E-state index in [1.165, 1.54) is 6.08 Å². The molecule has 0 fully saturated rings. The van der Waals surface area contributed by atoms with Crippen LogP contribution in [0.2, 0.25) is 0 Å². The highest BCUT2D eigenvalue weighted by Crippen LogP contribution is 2.06. The topological polar surface area (TPSA) is 83.6 Å². The third-order valence-electron chi connectivity index (χ3n) is 4.89. The van der Waals surface area contributed by atoms with Crippen molar-refractivity contribution in [1.29, 1.82) is 0 Å². The summed E-state index contributed by atoms with van der Waals surface area (Å²) in [7, 11) is 0. The molecule has 0 saturated carbocycles. The van der Waals surface area contributed by atoms with Gasteiger partial charge in [0, 0.05) is 21.4 Å². The van der Waals surface area contributed by atoms with E-state index in [0.29, 0.717) is 36.9 Å². The van der Waals surface area contributed by atoms with E-state index < -0.39 is 5.91 Å².